The van der Waals surface area contributed by atoms with Crippen molar-refractivity contribution in [1.82, 2.24) is 19.7 Å². The van der Waals surface area contributed by atoms with Crippen LogP contribution in [-0.4, -0.2) is 19.7 Å². The van der Waals surface area contributed by atoms with E-state index in [1.54, 1.807) is 12.7 Å². The lowest BCUT2D eigenvalue weighted by Crippen LogP contribution is -1.96. The lowest BCUT2D eigenvalue weighted by atomic mass is 10.1. The van der Waals surface area contributed by atoms with Crippen molar-refractivity contribution in [3.8, 4) is 11.5 Å². The first-order valence-electron chi connectivity index (χ1n) is 7.48. The molecule has 0 unspecified atom stereocenters. The zero-order valence-electron chi connectivity index (χ0n) is 13.0. The summed E-state index contributed by atoms with van der Waals surface area (Å²) in [6.07, 6.45) is 3.42. The summed E-state index contributed by atoms with van der Waals surface area (Å²) in [5, 5.41) is 7.62. The molecule has 0 saturated carbocycles. The second-order valence-corrected chi connectivity index (χ2v) is 5.75. The molecule has 2 aromatic carbocycles. The Morgan fingerprint density at radius 3 is 2.39 bits per heavy atom. The van der Waals surface area contributed by atoms with E-state index in [0.717, 1.165) is 23.2 Å². The lowest BCUT2D eigenvalue weighted by Gasteiger charge is -2.02. The van der Waals surface area contributed by atoms with Crippen molar-refractivity contribution >= 4 is 11.1 Å². The summed E-state index contributed by atoms with van der Waals surface area (Å²) in [6, 6.07) is 12.3. The van der Waals surface area contributed by atoms with Gasteiger partial charge in [-0.3, -0.25) is 0 Å². The molecule has 2 aromatic heterocycles. The molecule has 0 radical (unpaired) electrons. The van der Waals surface area contributed by atoms with Crippen molar-refractivity contribution in [2.45, 2.75) is 20.4 Å². The number of benzene rings is 2. The predicted octanol–water partition coefficient (Wildman–Crippen LogP) is 3.75. The van der Waals surface area contributed by atoms with Gasteiger partial charge in [-0.05, 0) is 54.8 Å². The number of hydrogen-bond acceptors (Lipinski definition) is 4. The number of nitrogens with zero attached hydrogens (tertiary/aromatic N) is 4. The Labute approximate surface area is 133 Å². The quantitative estimate of drug-likeness (QED) is 0.578. The van der Waals surface area contributed by atoms with Gasteiger partial charge in [-0.2, -0.15) is 0 Å². The van der Waals surface area contributed by atoms with Gasteiger partial charge < -0.3 is 8.98 Å². The van der Waals surface area contributed by atoms with E-state index in [0.29, 0.717) is 5.89 Å². The molecule has 0 fully saturated rings. The summed E-state index contributed by atoms with van der Waals surface area (Å²) >= 11 is 0. The highest BCUT2D eigenvalue weighted by Crippen LogP contribution is 2.26. The molecule has 0 aliphatic carbocycles. The summed E-state index contributed by atoms with van der Waals surface area (Å²) in [7, 11) is 0. The number of oxazole rings is 1. The van der Waals surface area contributed by atoms with Crippen LogP contribution < -0.4 is 0 Å². The van der Waals surface area contributed by atoms with Gasteiger partial charge in [0.05, 0.1) is 0 Å². The smallest absolute Gasteiger partial charge is 0.227 e. The van der Waals surface area contributed by atoms with Crippen molar-refractivity contribution in [2.24, 2.45) is 0 Å². The number of aromatic nitrogens is 4. The molecule has 0 aliphatic rings. The topological polar surface area (TPSA) is 56.7 Å². The van der Waals surface area contributed by atoms with Crippen LogP contribution in [0.15, 0.2) is 53.5 Å². The first-order valence-corrected chi connectivity index (χ1v) is 7.48. The van der Waals surface area contributed by atoms with Gasteiger partial charge in [-0.15, -0.1) is 10.2 Å². The molecule has 0 N–H and O–H groups in total. The maximum Gasteiger partial charge on any atom is 0.227 e. The highest BCUT2D eigenvalue weighted by molar-refractivity contribution is 5.78. The van der Waals surface area contributed by atoms with Gasteiger partial charge in [-0.1, -0.05) is 12.1 Å². The fraction of sp³-hybridized carbons (Fsp3) is 0.167. The third-order valence-electron chi connectivity index (χ3n) is 4.04. The minimum atomic E-state index is 0.654. The average Bonchev–Trinajstić information content (AvgIpc) is 3.18. The fourth-order valence-corrected chi connectivity index (χ4v) is 2.57. The monoisotopic (exact) mass is 304 g/mol. The number of rotatable bonds is 3. The van der Waals surface area contributed by atoms with E-state index in [4.69, 9.17) is 4.42 Å². The average molecular weight is 304 g/mol. The minimum Gasteiger partial charge on any atom is -0.436 e. The van der Waals surface area contributed by atoms with E-state index in [9.17, 15) is 0 Å². The predicted molar refractivity (Wildman–Crippen MR) is 88.0 cm³/mol. The van der Waals surface area contributed by atoms with Crippen LogP contribution in [0.5, 0.6) is 0 Å². The lowest BCUT2D eigenvalue weighted by molar-refractivity contribution is 0.619. The van der Waals surface area contributed by atoms with E-state index in [-0.39, 0.29) is 0 Å². The summed E-state index contributed by atoms with van der Waals surface area (Å²) in [4.78, 5) is 4.60. The Hall–Kier alpha value is -2.95. The molecule has 0 saturated heterocycles. The van der Waals surface area contributed by atoms with Crippen molar-refractivity contribution in [3.63, 3.8) is 0 Å². The van der Waals surface area contributed by atoms with Gasteiger partial charge in [0.15, 0.2) is 5.58 Å². The standard InChI is InChI=1S/C18H16N4O/c1-12-7-16-17(8-13(12)2)23-18(21-16)15-5-3-14(4-6-15)9-22-10-19-20-11-22/h3-8,10-11H,9H2,1-2H3. The number of hydrogen-bond donors (Lipinski definition) is 0. The molecule has 23 heavy (non-hydrogen) atoms. The van der Waals surface area contributed by atoms with Gasteiger partial charge >= 0.3 is 0 Å². The van der Waals surface area contributed by atoms with Gasteiger partial charge in [0.2, 0.25) is 5.89 Å². The second kappa shape index (κ2) is 5.35. The number of aryl methyl sites for hydroxylation is 2. The van der Waals surface area contributed by atoms with E-state index in [2.05, 4.69) is 47.2 Å². The van der Waals surface area contributed by atoms with E-state index in [1.165, 1.54) is 16.7 Å². The highest BCUT2D eigenvalue weighted by atomic mass is 16.3. The van der Waals surface area contributed by atoms with Crippen molar-refractivity contribution in [3.05, 3.63) is 65.7 Å². The van der Waals surface area contributed by atoms with Crippen LogP contribution in [0.4, 0.5) is 0 Å². The van der Waals surface area contributed by atoms with Gasteiger partial charge in [0.1, 0.15) is 18.2 Å². The zero-order valence-corrected chi connectivity index (χ0v) is 13.0. The Morgan fingerprint density at radius 1 is 0.957 bits per heavy atom. The molecule has 5 nitrogen and oxygen atoms in total. The highest BCUT2D eigenvalue weighted by Gasteiger charge is 2.09. The Balaban J connectivity index is 1.65. The molecule has 0 bridgehead atoms. The fourth-order valence-electron chi connectivity index (χ4n) is 2.57. The zero-order chi connectivity index (χ0) is 15.8. The van der Waals surface area contributed by atoms with Crippen LogP contribution in [0.25, 0.3) is 22.6 Å². The van der Waals surface area contributed by atoms with Crippen molar-refractivity contribution in [2.75, 3.05) is 0 Å². The Kier molecular flexibility index (Phi) is 3.19. The van der Waals surface area contributed by atoms with Crippen LogP contribution in [0.3, 0.4) is 0 Å². The molecule has 0 amide bonds. The van der Waals surface area contributed by atoms with E-state index in [1.807, 2.05) is 22.8 Å². The van der Waals surface area contributed by atoms with Gasteiger partial charge in [-0.25, -0.2) is 4.98 Å². The summed E-state index contributed by atoms with van der Waals surface area (Å²) in [6.45, 7) is 4.92. The molecule has 5 heteroatoms. The van der Waals surface area contributed by atoms with Gasteiger partial charge in [0.25, 0.3) is 0 Å². The number of fused-ring (bicyclic) bond motifs is 1. The van der Waals surface area contributed by atoms with Crippen LogP contribution in [-0.2, 0) is 6.54 Å². The molecular formula is C18H16N4O. The molecule has 0 aliphatic heterocycles. The van der Waals surface area contributed by atoms with E-state index >= 15 is 0 Å². The molecule has 0 spiro atoms. The maximum atomic E-state index is 5.90. The Bertz CT molecular complexity index is 914. The maximum absolute atomic E-state index is 5.90. The van der Waals surface area contributed by atoms with Crippen LogP contribution in [0, 0.1) is 13.8 Å². The first kappa shape index (κ1) is 13.7. The van der Waals surface area contributed by atoms with E-state index < -0.39 is 0 Å². The minimum absolute atomic E-state index is 0.654. The Morgan fingerprint density at radius 2 is 1.65 bits per heavy atom. The molecule has 114 valence electrons. The second-order valence-electron chi connectivity index (χ2n) is 5.75. The summed E-state index contributed by atoms with van der Waals surface area (Å²) < 4.78 is 7.83. The van der Waals surface area contributed by atoms with Crippen LogP contribution in [0.1, 0.15) is 16.7 Å². The SMILES string of the molecule is Cc1cc2nc(-c3ccc(Cn4cnnc4)cc3)oc2cc1C. The molecule has 2 heterocycles. The summed E-state index contributed by atoms with van der Waals surface area (Å²) in [5.41, 5.74) is 6.32. The van der Waals surface area contributed by atoms with Crippen LogP contribution in [0.2, 0.25) is 0 Å². The molecular weight excluding hydrogens is 288 g/mol. The molecule has 4 aromatic rings. The van der Waals surface area contributed by atoms with Crippen molar-refractivity contribution in [1.29, 1.82) is 0 Å². The molecule has 4 rings (SSSR count). The largest absolute Gasteiger partial charge is 0.436 e. The van der Waals surface area contributed by atoms with Gasteiger partial charge in [0, 0.05) is 12.1 Å². The van der Waals surface area contributed by atoms with Crippen molar-refractivity contribution < 1.29 is 4.42 Å². The van der Waals surface area contributed by atoms with Crippen LogP contribution >= 0.6 is 0 Å². The third-order valence-corrected chi connectivity index (χ3v) is 4.04. The first-order chi connectivity index (χ1) is 11.2. The third kappa shape index (κ3) is 2.61. The molecule has 0 atom stereocenters. The summed E-state index contributed by atoms with van der Waals surface area (Å²) in [5.74, 6) is 0.654. The normalized spacial score (nSPS) is 11.2.